The number of methoxy groups -OCH3 is 1. The Labute approximate surface area is 223 Å². The van der Waals surface area contributed by atoms with Crippen LogP contribution < -0.4 is 9.64 Å². The van der Waals surface area contributed by atoms with E-state index in [9.17, 15) is 13.2 Å². The fourth-order valence-electron chi connectivity index (χ4n) is 5.26. The van der Waals surface area contributed by atoms with Crippen LogP contribution in [0.5, 0.6) is 5.88 Å². The zero-order valence-electron chi connectivity index (χ0n) is 22.2. The number of aryl methyl sites for hydroxylation is 1. The van der Waals surface area contributed by atoms with Gasteiger partial charge in [0.15, 0.2) is 5.69 Å². The lowest BCUT2D eigenvalue weighted by molar-refractivity contribution is -0.140. The molecule has 4 aromatic rings. The third-order valence-electron chi connectivity index (χ3n) is 7.39. The molecule has 0 N–H and O–H groups in total. The summed E-state index contributed by atoms with van der Waals surface area (Å²) in [5, 5.41) is 4.88. The van der Waals surface area contributed by atoms with Gasteiger partial charge in [-0.3, -0.25) is 4.68 Å². The molecule has 0 aromatic carbocycles. The first-order valence-electron chi connectivity index (χ1n) is 13.0. The van der Waals surface area contributed by atoms with Gasteiger partial charge in [-0.1, -0.05) is 0 Å². The molecule has 0 radical (unpaired) electrons. The van der Waals surface area contributed by atoms with Crippen molar-refractivity contribution >= 4 is 5.82 Å². The lowest BCUT2D eigenvalue weighted by Gasteiger charge is -2.29. The van der Waals surface area contributed by atoms with Crippen molar-refractivity contribution in [3.8, 4) is 28.5 Å². The molecular formula is C27H29F3N8O. The number of hydrogen-bond acceptors (Lipinski definition) is 7. The third kappa shape index (κ3) is 4.51. The van der Waals surface area contributed by atoms with Crippen molar-refractivity contribution in [2.45, 2.75) is 57.8 Å². The monoisotopic (exact) mass is 538 g/mol. The first kappa shape index (κ1) is 25.3. The minimum absolute atomic E-state index is 0.188. The molecule has 6 rings (SSSR count). The van der Waals surface area contributed by atoms with Gasteiger partial charge in [0.1, 0.15) is 23.7 Å². The van der Waals surface area contributed by atoms with E-state index in [1.165, 1.54) is 4.57 Å². The van der Waals surface area contributed by atoms with Crippen LogP contribution in [0.2, 0.25) is 0 Å². The molecule has 9 nitrogen and oxygen atoms in total. The fourth-order valence-corrected chi connectivity index (χ4v) is 5.26. The molecule has 1 fully saturated rings. The summed E-state index contributed by atoms with van der Waals surface area (Å²) in [5.41, 5.74) is 4.49. The second-order valence-electron chi connectivity index (χ2n) is 10.3. The molecule has 0 spiro atoms. The van der Waals surface area contributed by atoms with Gasteiger partial charge in [-0.15, -0.1) is 0 Å². The third-order valence-corrected chi connectivity index (χ3v) is 7.39. The largest absolute Gasteiger partial charge is 0.480 e. The van der Waals surface area contributed by atoms with Gasteiger partial charge in [0.2, 0.25) is 5.88 Å². The van der Waals surface area contributed by atoms with Crippen LogP contribution in [0.25, 0.3) is 22.6 Å². The van der Waals surface area contributed by atoms with Gasteiger partial charge >= 0.3 is 6.18 Å². The molecular weight excluding hydrogens is 509 g/mol. The smallest absolute Gasteiger partial charge is 0.434 e. The zero-order chi connectivity index (χ0) is 27.5. The number of hydrogen-bond donors (Lipinski definition) is 0. The highest BCUT2D eigenvalue weighted by Crippen LogP contribution is 2.46. The number of halogens is 3. The van der Waals surface area contributed by atoms with Crippen LogP contribution in [0.3, 0.4) is 0 Å². The van der Waals surface area contributed by atoms with Gasteiger partial charge in [-0.25, -0.2) is 19.9 Å². The summed E-state index contributed by atoms with van der Waals surface area (Å²) in [4.78, 5) is 19.6. The summed E-state index contributed by atoms with van der Waals surface area (Å²) in [7, 11) is 3.56. The second kappa shape index (κ2) is 9.35. The van der Waals surface area contributed by atoms with Crippen LogP contribution >= 0.6 is 0 Å². The number of imidazole rings is 1. The van der Waals surface area contributed by atoms with Crippen LogP contribution in [-0.2, 0) is 26.2 Å². The first-order valence-corrected chi connectivity index (χ1v) is 13.0. The Bertz CT molecular complexity index is 1520. The molecule has 1 aliphatic carbocycles. The maximum absolute atomic E-state index is 13.3. The average Bonchev–Trinajstić information content (AvgIpc) is 3.57. The predicted molar refractivity (Wildman–Crippen MR) is 138 cm³/mol. The van der Waals surface area contributed by atoms with Gasteiger partial charge in [0, 0.05) is 67.7 Å². The minimum Gasteiger partial charge on any atom is -0.480 e. The van der Waals surface area contributed by atoms with Gasteiger partial charge in [0.25, 0.3) is 0 Å². The highest BCUT2D eigenvalue weighted by Gasteiger charge is 2.36. The van der Waals surface area contributed by atoms with Gasteiger partial charge in [0.05, 0.1) is 18.4 Å². The van der Waals surface area contributed by atoms with E-state index in [0.717, 1.165) is 66.0 Å². The normalized spacial score (nSPS) is 15.6. The summed E-state index contributed by atoms with van der Waals surface area (Å²) in [6, 6.07) is 3.43. The standard InChI is InChI=1S/C27H29F3N8O/c1-15(2)38-13-20(27(28,29)30)34-25(38)17-7-8-21(31-11-17)37-10-9-19-18(12-37)24(35-36(19)3)22-23(16-5-6-16)32-14-33-26(22)39-4/h7-8,11,13-16H,5-6,9-10,12H2,1-4H3. The second-order valence-corrected chi connectivity index (χ2v) is 10.3. The topological polar surface area (TPSA) is 86.8 Å². The highest BCUT2D eigenvalue weighted by molar-refractivity contribution is 5.73. The molecule has 0 amide bonds. The van der Waals surface area contributed by atoms with Crippen LogP contribution in [0.4, 0.5) is 19.0 Å². The van der Waals surface area contributed by atoms with E-state index in [1.807, 2.05) is 31.6 Å². The van der Waals surface area contributed by atoms with Gasteiger partial charge in [-0.05, 0) is 38.8 Å². The maximum Gasteiger partial charge on any atom is 0.434 e. The Hall–Kier alpha value is -3.96. The molecule has 204 valence electrons. The Morgan fingerprint density at radius 3 is 2.54 bits per heavy atom. The molecule has 0 bridgehead atoms. The Balaban J connectivity index is 1.33. The van der Waals surface area contributed by atoms with Gasteiger partial charge in [-0.2, -0.15) is 18.3 Å². The molecule has 1 saturated carbocycles. The number of rotatable bonds is 6. The lowest BCUT2D eigenvalue weighted by atomic mass is 9.99. The molecule has 2 aliphatic rings. The van der Waals surface area contributed by atoms with E-state index >= 15 is 0 Å². The quantitative estimate of drug-likeness (QED) is 0.334. The minimum atomic E-state index is -4.51. The number of ether oxygens (including phenoxy) is 1. The van der Waals surface area contributed by atoms with Crippen molar-refractivity contribution in [3.05, 3.63) is 53.5 Å². The van der Waals surface area contributed by atoms with Crippen molar-refractivity contribution in [1.29, 1.82) is 0 Å². The molecule has 0 unspecified atom stereocenters. The molecule has 12 heteroatoms. The summed E-state index contributed by atoms with van der Waals surface area (Å²) < 4.78 is 49.1. The number of fused-ring (bicyclic) bond motifs is 1. The maximum atomic E-state index is 13.3. The van der Waals surface area contributed by atoms with Crippen molar-refractivity contribution in [2.75, 3.05) is 18.6 Å². The van der Waals surface area contributed by atoms with Crippen LogP contribution in [0.15, 0.2) is 30.9 Å². The molecule has 5 heterocycles. The van der Waals surface area contributed by atoms with Crippen molar-refractivity contribution < 1.29 is 17.9 Å². The van der Waals surface area contributed by atoms with E-state index in [1.54, 1.807) is 25.7 Å². The summed E-state index contributed by atoms with van der Waals surface area (Å²) in [6.07, 6.45) is 2.63. The first-order chi connectivity index (χ1) is 18.7. The Morgan fingerprint density at radius 1 is 1.10 bits per heavy atom. The molecule has 0 atom stereocenters. The number of pyridine rings is 1. The van der Waals surface area contributed by atoms with Crippen molar-refractivity contribution in [2.24, 2.45) is 7.05 Å². The zero-order valence-corrected chi connectivity index (χ0v) is 22.2. The number of alkyl halides is 3. The average molecular weight is 539 g/mol. The number of aromatic nitrogens is 7. The van der Waals surface area contributed by atoms with E-state index < -0.39 is 11.9 Å². The Kier molecular flexibility index (Phi) is 6.07. The molecule has 4 aromatic heterocycles. The van der Waals surface area contributed by atoms with E-state index in [0.29, 0.717) is 23.9 Å². The van der Waals surface area contributed by atoms with E-state index in [2.05, 4.69) is 24.8 Å². The van der Waals surface area contributed by atoms with Crippen LogP contribution in [-0.4, -0.2) is 47.9 Å². The molecule has 39 heavy (non-hydrogen) atoms. The van der Waals surface area contributed by atoms with Crippen molar-refractivity contribution in [3.63, 3.8) is 0 Å². The van der Waals surface area contributed by atoms with E-state index in [-0.39, 0.29) is 11.9 Å². The summed E-state index contributed by atoms with van der Waals surface area (Å²) >= 11 is 0. The predicted octanol–water partition coefficient (Wildman–Crippen LogP) is 5.18. The van der Waals surface area contributed by atoms with Crippen molar-refractivity contribution in [1.82, 2.24) is 34.3 Å². The summed E-state index contributed by atoms with van der Waals surface area (Å²) in [6.45, 7) is 4.96. The lowest BCUT2D eigenvalue weighted by Crippen LogP contribution is -2.31. The fraction of sp³-hybridized carbons (Fsp3) is 0.444. The Morgan fingerprint density at radius 2 is 1.90 bits per heavy atom. The van der Waals surface area contributed by atoms with Gasteiger partial charge < -0.3 is 14.2 Å². The summed E-state index contributed by atoms with van der Waals surface area (Å²) in [5.74, 6) is 1.89. The highest BCUT2D eigenvalue weighted by atomic mass is 19.4. The van der Waals surface area contributed by atoms with Crippen LogP contribution in [0.1, 0.15) is 61.3 Å². The number of anilines is 1. The molecule has 1 aliphatic heterocycles. The number of nitrogens with zero attached hydrogens (tertiary/aromatic N) is 8. The SMILES string of the molecule is COc1ncnc(C2CC2)c1-c1nn(C)c2c1CN(c1ccc(-c3nc(C(F)(F)F)cn3C(C)C)cn1)CC2. The van der Waals surface area contributed by atoms with E-state index in [4.69, 9.17) is 9.84 Å². The molecule has 0 saturated heterocycles. The van der Waals surface area contributed by atoms with Crippen LogP contribution in [0, 0.1) is 0 Å².